The highest BCUT2D eigenvalue weighted by molar-refractivity contribution is 5.42. The second-order valence-electron chi connectivity index (χ2n) is 2.24. The Hall–Kier alpha value is -1.02. The molecule has 1 rings (SSSR count). The predicted molar refractivity (Wildman–Crippen MR) is 44.2 cm³/mol. The van der Waals surface area contributed by atoms with Crippen molar-refractivity contribution in [2.24, 2.45) is 0 Å². The Morgan fingerprint density at radius 1 is 1.55 bits per heavy atom. The molecule has 0 saturated carbocycles. The minimum atomic E-state index is 0.0577. The van der Waals surface area contributed by atoms with Crippen LogP contribution < -0.4 is 0 Å². The number of rotatable bonds is 3. The Kier molecular flexibility index (Phi) is 2.93. The third-order valence-electron chi connectivity index (χ3n) is 1.42. The van der Waals surface area contributed by atoms with Crippen LogP contribution in [-0.2, 0) is 6.42 Å². The first-order valence-electron chi connectivity index (χ1n) is 3.73. The fourth-order valence-corrected chi connectivity index (χ4v) is 0.843. The lowest BCUT2D eigenvalue weighted by atomic mass is 10.3. The van der Waals surface area contributed by atoms with E-state index in [1.165, 1.54) is 0 Å². The standard InChI is InChI=1S/C9H12O2/c1-2-8-5-6-9(11-8)4-3-7-10/h3-6,10H,2,7H2,1H3/b4-3+. The molecule has 1 aromatic rings. The third-order valence-corrected chi connectivity index (χ3v) is 1.42. The highest BCUT2D eigenvalue weighted by atomic mass is 16.3. The fraction of sp³-hybridized carbons (Fsp3) is 0.333. The Morgan fingerprint density at radius 2 is 2.36 bits per heavy atom. The van der Waals surface area contributed by atoms with Crippen molar-refractivity contribution in [3.05, 3.63) is 29.7 Å². The lowest BCUT2D eigenvalue weighted by molar-refractivity contribution is 0.343. The van der Waals surface area contributed by atoms with Gasteiger partial charge in [-0.1, -0.05) is 13.0 Å². The Labute approximate surface area is 66.2 Å². The zero-order chi connectivity index (χ0) is 8.10. The second kappa shape index (κ2) is 3.98. The minimum Gasteiger partial charge on any atom is -0.462 e. The summed E-state index contributed by atoms with van der Waals surface area (Å²) in [7, 11) is 0. The Morgan fingerprint density at radius 3 is 2.91 bits per heavy atom. The molecule has 0 spiro atoms. The molecule has 0 fully saturated rings. The van der Waals surface area contributed by atoms with Gasteiger partial charge in [-0.15, -0.1) is 0 Å². The van der Waals surface area contributed by atoms with Crippen LogP contribution in [0.2, 0.25) is 0 Å². The molecule has 0 bridgehead atoms. The van der Waals surface area contributed by atoms with Gasteiger partial charge in [-0.25, -0.2) is 0 Å². The predicted octanol–water partition coefficient (Wildman–Crippen LogP) is 1.85. The molecule has 0 saturated heterocycles. The van der Waals surface area contributed by atoms with E-state index in [9.17, 15) is 0 Å². The number of aryl methyl sites for hydroxylation is 1. The van der Waals surface area contributed by atoms with Crippen molar-refractivity contribution in [3.8, 4) is 0 Å². The molecule has 2 nitrogen and oxygen atoms in total. The summed E-state index contributed by atoms with van der Waals surface area (Å²) in [6.45, 7) is 2.10. The first-order chi connectivity index (χ1) is 5.36. The van der Waals surface area contributed by atoms with Crippen LogP contribution in [0.4, 0.5) is 0 Å². The molecule has 0 aromatic carbocycles. The maximum Gasteiger partial charge on any atom is 0.126 e. The summed E-state index contributed by atoms with van der Waals surface area (Å²) in [5.41, 5.74) is 0. The largest absolute Gasteiger partial charge is 0.462 e. The maximum atomic E-state index is 8.46. The smallest absolute Gasteiger partial charge is 0.126 e. The van der Waals surface area contributed by atoms with E-state index < -0.39 is 0 Å². The van der Waals surface area contributed by atoms with Crippen LogP contribution >= 0.6 is 0 Å². The minimum absolute atomic E-state index is 0.0577. The highest BCUT2D eigenvalue weighted by Crippen LogP contribution is 2.09. The summed E-state index contributed by atoms with van der Waals surface area (Å²) in [6.07, 6.45) is 4.32. The van der Waals surface area contributed by atoms with Gasteiger partial charge in [0, 0.05) is 6.42 Å². The lowest BCUT2D eigenvalue weighted by Gasteiger charge is -1.85. The zero-order valence-electron chi connectivity index (χ0n) is 6.58. The Balaban J connectivity index is 2.65. The third kappa shape index (κ3) is 2.24. The van der Waals surface area contributed by atoms with Gasteiger partial charge in [-0.05, 0) is 18.2 Å². The van der Waals surface area contributed by atoms with Crippen LogP contribution in [0.1, 0.15) is 18.4 Å². The van der Waals surface area contributed by atoms with E-state index in [2.05, 4.69) is 0 Å². The van der Waals surface area contributed by atoms with E-state index in [-0.39, 0.29) is 6.61 Å². The van der Waals surface area contributed by atoms with Crippen LogP contribution in [0.25, 0.3) is 6.08 Å². The summed E-state index contributed by atoms with van der Waals surface area (Å²) in [4.78, 5) is 0. The molecule has 0 aliphatic carbocycles. The number of aliphatic hydroxyl groups is 1. The van der Waals surface area contributed by atoms with Crippen LogP contribution in [0, 0.1) is 0 Å². The van der Waals surface area contributed by atoms with Crippen molar-refractivity contribution in [1.29, 1.82) is 0 Å². The molecule has 1 aromatic heterocycles. The van der Waals surface area contributed by atoms with Crippen molar-refractivity contribution in [2.45, 2.75) is 13.3 Å². The zero-order valence-corrected chi connectivity index (χ0v) is 6.58. The molecule has 0 unspecified atom stereocenters. The van der Waals surface area contributed by atoms with Crippen LogP contribution in [-0.4, -0.2) is 11.7 Å². The summed E-state index contributed by atoms with van der Waals surface area (Å²) in [6, 6.07) is 3.84. The van der Waals surface area contributed by atoms with Crippen LogP contribution in [0.15, 0.2) is 22.6 Å². The average molecular weight is 152 g/mol. The maximum absolute atomic E-state index is 8.46. The quantitative estimate of drug-likeness (QED) is 0.717. The molecule has 1 heterocycles. The lowest BCUT2D eigenvalue weighted by Crippen LogP contribution is -1.71. The van der Waals surface area contributed by atoms with E-state index in [1.54, 1.807) is 12.2 Å². The number of hydrogen-bond donors (Lipinski definition) is 1. The molecule has 2 heteroatoms. The van der Waals surface area contributed by atoms with Crippen molar-refractivity contribution in [2.75, 3.05) is 6.61 Å². The first kappa shape index (κ1) is 8.08. The molecular formula is C9H12O2. The van der Waals surface area contributed by atoms with Gasteiger partial charge in [-0.2, -0.15) is 0 Å². The van der Waals surface area contributed by atoms with Crippen LogP contribution in [0.3, 0.4) is 0 Å². The van der Waals surface area contributed by atoms with Gasteiger partial charge in [0.2, 0.25) is 0 Å². The summed E-state index contributed by atoms with van der Waals surface area (Å²) >= 11 is 0. The van der Waals surface area contributed by atoms with Crippen molar-refractivity contribution in [1.82, 2.24) is 0 Å². The van der Waals surface area contributed by atoms with E-state index in [4.69, 9.17) is 9.52 Å². The molecule has 0 aliphatic rings. The van der Waals surface area contributed by atoms with Gasteiger partial charge in [0.1, 0.15) is 11.5 Å². The Bertz CT molecular complexity index is 235. The fourth-order valence-electron chi connectivity index (χ4n) is 0.843. The average Bonchev–Trinajstić information content (AvgIpc) is 2.48. The molecule has 0 atom stereocenters. The SMILES string of the molecule is CCc1ccc(/C=C/CO)o1. The van der Waals surface area contributed by atoms with Crippen molar-refractivity contribution < 1.29 is 9.52 Å². The first-order valence-corrected chi connectivity index (χ1v) is 3.73. The summed E-state index contributed by atoms with van der Waals surface area (Å²) < 4.78 is 5.34. The molecule has 11 heavy (non-hydrogen) atoms. The molecule has 1 N–H and O–H groups in total. The number of furan rings is 1. The highest BCUT2D eigenvalue weighted by Gasteiger charge is 1.94. The monoisotopic (exact) mass is 152 g/mol. The topological polar surface area (TPSA) is 33.4 Å². The molecule has 0 amide bonds. The van der Waals surface area contributed by atoms with Gasteiger partial charge in [0.15, 0.2) is 0 Å². The van der Waals surface area contributed by atoms with E-state index in [0.29, 0.717) is 0 Å². The van der Waals surface area contributed by atoms with Gasteiger partial charge in [-0.3, -0.25) is 0 Å². The van der Waals surface area contributed by atoms with Crippen molar-refractivity contribution >= 4 is 6.08 Å². The van der Waals surface area contributed by atoms with Gasteiger partial charge in [0.05, 0.1) is 6.61 Å². The molecule has 0 radical (unpaired) electrons. The van der Waals surface area contributed by atoms with Gasteiger partial charge < -0.3 is 9.52 Å². The summed E-state index contributed by atoms with van der Waals surface area (Å²) in [5.74, 6) is 1.78. The molecular weight excluding hydrogens is 140 g/mol. The van der Waals surface area contributed by atoms with E-state index in [0.717, 1.165) is 17.9 Å². The van der Waals surface area contributed by atoms with E-state index in [1.807, 2.05) is 19.1 Å². The normalized spacial score (nSPS) is 11.1. The second-order valence-corrected chi connectivity index (χ2v) is 2.24. The molecule has 0 aliphatic heterocycles. The van der Waals surface area contributed by atoms with Crippen LogP contribution in [0.5, 0.6) is 0 Å². The molecule has 60 valence electrons. The number of hydrogen-bond acceptors (Lipinski definition) is 2. The summed E-state index contributed by atoms with van der Waals surface area (Å²) in [5, 5.41) is 8.46. The van der Waals surface area contributed by atoms with Gasteiger partial charge >= 0.3 is 0 Å². The van der Waals surface area contributed by atoms with E-state index >= 15 is 0 Å². The number of aliphatic hydroxyl groups excluding tert-OH is 1. The van der Waals surface area contributed by atoms with Crippen molar-refractivity contribution in [3.63, 3.8) is 0 Å². The van der Waals surface area contributed by atoms with Gasteiger partial charge in [0.25, 0.3) is 0 Å².